The highest BCUT2D eigenvalue weighted by Gasteiger charge is 2.31. The third-order valence-electron chi connectivity index (χ3n) is 4.42. The molecule has 0 saturated carbocycles. The van der Waals surface area contributed by atoms with Crippen LogP contribution in [0.1, 0.15) is 46.0 Å². The van der Waals surface area contributed by atoms with Crippen LogP contribution in [0.4, 0.5) is 0 Å². The maximum atomic E-state index is 11.9. The van der Waals surface area contributed by atoms with Crippen LogP contribution in [-0.4, -0.2) is 42.2 Å². The first-order valence-electron chi connectivity index (χ1n) is 8.26. The quantitative estimate of drug-likeness (QED) is 0.763. The van der Waals surface area contributed by atoms with Gasteiger partial charge in [-0.05, 0) is 49.9 Å². The molecule has 0 saturated heterocycles. The number of hydrogen-bond acceptors (Lipinski definition) is 4. The molecule has 0 amide bonds. The molecule has 0 aromatic heterocycles. The number of rotatable bonds is 6. The second-order valence-corrected chi connectivity index (χ2v) is 5.99. The van der Waals surface area contributed by atoms with E-state index in [-0.39, 0.29) is 5.76 Å². The molecule has 0 fully saturated rings. The van der Waals surface area contributed by atoms with E-state index in [1.807, 2.05) is 0 Å². The SMILES string of the molecule is CCCN(CCC)C1CC=C2C(=CCC(O)=C2C(=O)OC)C1. The molecule has 0 aromatic carbocycles. The van der Waals surface area contributed by atoms with Crippen molar-refractivity contribution in [2.75, 3.05) is 20.2 Å². The lowest BCUT2D eigenvalue weighted by Crippen LogP contribution is -2.38. The summed E-state index contributed by atoms with van der Waals surface area (Å²) in [6.07, 6.45) is 8.74. The Balaban J connectivity index is 2.21. The number of esters is 1. The number of nitrogens with zero attached hydrogens (tertiary/aromatic N) is 1. The van der Waals surface area contributed by atoms with Crippen LogP contribution < -0.4 is 0 Å². The zero-order valence-corrected chi connectivity index (χ0v) is 13.9. The van der Waals surface area contributed by atoms with Crippen molar-refractivity contribution in [3.05, 3.63) is 34.6 Å². The summed E-state index contributed by atoms with van der Waals surface area (Å²) < 4.78 is 4.83. The van der Waals surface area contributed by atoms with Gasteiger partial charge in [0.2, 0.25) is 0 Å². The van der Waals surface area contributed by atoms with Crippen LogP contribution in [0.15, 0.2) is 34.6 Å². The van der Waals surface area contributed by atoms with Gasteiger partial charge in [-0.25, -0.2) is 4.79 Å². The molecule has 4 heteroatoms. The highest BCUT2D eigenvalue weighted by atomic mass is 16.5. The topological polar surface area (TPSA) is 49.8 Å². The van der Waals surface area contributed by atoms with Gasteiger partial charge in [0.05, 0.1) is 7.11 Å². The van der Waals surface area contributed by atoms with Gasteiger partial charge >= 0.3 is 5.97 Å². The summed E-state index contributed by atoms with van der Waals surface area (Å²) >= 11 is 0. The molecular weight excluding hydrogens is 278 g/mol. The zero-order valence-electron chi connectivity index (χ0n) is 13.9. The fourth-order valence-corrected chi connectivity index (χ4v) is 3.42. The van der Waals surface area contributed by atoms with Gasteiger partial charge in [0, 0.05) is 12.5 Å². The van der Waals surface area contributed by atoms with Crippen LogP contribution in [-0.2, 0) is 9.53 Å². The van der Waals surface area contributed by atoms with E-state index in [1.54, 1.807) is 0 Å². The lowest BCUT2D eigenvalue weighted by molar-refractivity contribution is -0.136. The monoisotopic (exact) mass is 305 g/mol. The van der Waals surface area contributed by atoms with E-state index in [4.69, 9.17) is 4.74 Å². The number of ether oxygens (including phenoxy) is 1. The Morgan fingerprint density at radius 3 is 2.59 bits per heavy atom. The predicted molar refractivity (Wildman–Crippen MR) is 87.6 cm³/mol. The zero-order chi connectivity index (χ0) is 16.1. The molecule has 0 heterocycles. The number of carbonyl (C=O) groups excluding carboxylic acids is 1. The van der Waals surface area contributed by atoms with Crippen LogP contribution in [0.3, 0.4) is 0 Å². The lowest BCUT2D eigenvalue weighted by Gasteiger charge is -2.36. The van der Waals surface area contributed by atoms with E-state index < -0.39 is 5.97 Å². The largest absolute Gasteiger partial charge is 0.511 e. The van der Waals surface area contributed by atoms with Gasteiger partial charge in [0.15, 0.2) is 0 Å². The van der Waals surface area contributed by atoms with E-state index in [9.17, 15) is 9.90 Å². The maximum absolute atomic E-state index is 11.9. The first-order chi connectivity index (χ1) is 10.6. The number of aliphatic hydroxyl groups is 1. The number of fused-ring (bicyclic) bond motifs is 1. The second kappa shape index (κ2) is 7.63. The molecule has 1 N–H and O–H groups in total. The summed E-state index contributed by atoms with van der Waals surface area (Å²) in [6, 6.07) is 0.494. The van der Waals surface area contributed by atoms with Crippen molar-refractivity contribution < 1.29 is 14.6 Å². The van der Waals surface area contributed by atoms with Gasteiger partial charge in [-0.15, -0.1) is 0 Å². The summed E-state index contributed by atoms with van der Waals surface area (Å²) in [4.78, 5) is 14.5. The van der Waals surface area contributed by atoms with Gasteiger partial charge in [-0.2, -0.15) is 0 Å². The van der Waals surface area contributed by atoms with Crippen molar-refractivity contribution in [2.24, 2.45) is 0 Å². The molecule has 22 heavy (non-hydrogen) atoms. The van der Waals surface area contributed by atoms with E-state index >= 15 is 0 Å². The molecule has 2 rings (SSSR count). The molecule has 4 nitrogen and oxygen atoms in total. The summed E-state index contributed by atoms with van der Waals surface area (Å²) in [5, 5.41) is 10.0. The highest BCUT2D eigenvalue weighted by Crippen LogP contribution is 2.37. The first kappa shape index (κ1) is 16.8. The van der Waals surface area contributed by atoms with Crippen LogP contribution in [0, 0.1) is 0 Å². The van der Waals surface area contributed by atoms with Gasteiger partial charge in [-0.1, -0.05) is 26.0 Å². The third kappa shape index (κ3) is 3.43. The van der Waals surface area contributed by atoms with E-state index in [0.29, 0.717) is 18.0 Å². The predicted octanol–water partition coefficient (Wildman–Crippen LogP) is 3.51. The van der Waals surface area contributed by atoms with Crippen molar-refractivity contribution in [1.29, 1.82) is 0 Å². The van der Waals surface area contributed by atoms with Crippen LogP contribution in [0.2, 0.25) is 0 Å². The summed E-state index contributed by atoms with van der Waals surface area (Å²) in [5.74, 6) is -0.314. The minimum Gasteiger partial charge on any atom is -0.511 e. The molecule has 0 bridgehead atoms. The van der Waals surface area contributed by atoms with Crippen molar-refractivity contribution >= 4 is 5.97 Å². The number of aliphatic hydroxyl groups excluding tert-OH is 1. The van der Waals surface area contributed by atoms with Crippen molar-refractivity contribution in [2.45, 2.75) is 52.0 Å². The average Bonchev–Trinajstić information content (AvgIpc) is 2.53. The minimum atomic E-state index is -0.438. The van der Waals surface area contributed by atoms with Crippen LogP contribution in [0.25, 0.3) is 0 Å². The van der Waals surface area contributed by atoms with Gasteiger partial charge in [0.1, 0.15) is 11.3 Å². The summed E-state index contributed by atoms with van der Waals surface area (Å²) in [7, 11) is 1.36. The standard InChI is InChI=1S/C18H27NO3/c1-4-10-19(11-5-2)14-7-8-15-13(12-14)6-9-16(20)17(15)18(21)22-3/h6,8,14,20H,4-5,7,9-12H2,1-3H3. The summed E-state index contributed by atoms with van der Waals surface area (Å²) in [5.41, 5.74) is 2.41. The Kier molecular flexibility index (Phi) is 5.83. The van der Waals surface area contributed by atoms with Crippen LogP contribution >= 0.6 is 0 Å². The van der Waals surface area contributed by atoms with Gasteiger partial charge in [0.25, 0.3) is 0 Å². The van der Waals surface area contributed by atoms with Crippen molar-refractivity contribution in [1.82, 2.24) is 4.90 Å². The number of hydrogen-bond donors (Lipinski definition) is 1. The Morgan fingerprint density at radius 2 is 2.00 bits per heavy atom. The molecule has 1 unspecified atom stereocenters. The molecule has 2 aliphatic rings. The van der Waals surface area contributed by atoms with E-state index in [1.165, 1.54) is 12.7 Å². The number of carbonyl (C=O) groups is 1. The fourth-order valence-electron chi connectivity index (χ4n) is 3.42. The second-order valence-electron chi connectivity index (χ2n) is 5.99. The Morgan fingerprint density at radius 1 is 1.32 bits per heavy atom. The van der Waals surface area contributed by atoms with Crippen molar-refractivity contribution in [3.8, 4) is 0 Å². The van der Waals surface area contributed by atoms with E-state index in [0.717, 1.165) is 44.3 Å². The Labute approximate surface area is 133 Å². The van der Waals surface area contributed by atoms with E-state index in [2.05, 4.69) is 30.9 Å². The van der Waals surface area contributed by atoms with Gasteiger partial charge < -0.3 is 9.84 Å². The van der Waals surface area contributed by atoms with Crippen LogP contribution in [0.5, 0.6) is 0 Å². The molecule has 0 aliphatic heterocycles. The lowest BCUT2D eigenvalue weighted by atomic mass is 9.81. The molecule has 1 atom stereocenters. The normalized spacial score (nSPS) is 21.4. The molecule has 0 radical (unpaired) electrons. The smallest absolute Gasteiger partial charge is 0.341 e. The highest BCUT2D eigenvalue weighted by molar-refractivity contribution is 5.96. The Bertz CT molecular complexity index is 510. The summed E-state index contributed by atoms with van der Waals surface area (Å²) in [6.45, 7) is 6.64. The molecule has 2 aliphatic carbocycles. The molecule has 122 valence electrons. The maximum Gasteiger partial charge on any atom is 0.341 e. The molecule has 0 aromatic rings. The minimum absolute atomic E-state index is 0.124. The van der Waals surface area contributed by atoms with Crippen molar-refractivity contribution in [3.63, 3.8) is 0 Å². The average molecular weight is 305 g/mol. The number of allylic oxidation sites excluding steroid dienone is 1. The first-order valence-corrected chi connectivity index (χ1v) is 8.26. The molecular formula is C18H27NO3. The Hall–Kier alpha value is -1.55. The fraction of sp³-hybridized carbons (Fsp3) is 0.611. The third-order valence-corrected chi connectivity index (χ3v) is 4.42. The number of methoxy groups -OCH3 is 1. The molecule has 0 spiro atoms. The van der Waals surface area contributed by atoms with Gasteiger partial charge in [-0.3, -0.25) is 4.90 Å².